The fourth-order valence-corrected chi connectivity index (χ4v) is 3.48. The molecule has 4 heteroatoms. The van der Waals surface area contributed by atoms with Crippen molar-refractivity contribution < 1.29 is 9.47 Å². The van der Waals surface area contributed by atoms with Crippen LogP contribution in [0.3, 0.4) is 0 Å². The Kier molecular flexibility index (Phi) is 3.87. The van der Waals surface area contributed by atoms with Crippen LogP contribution in [0.5, 0.6) is 5.75 Å². The molecule has 1 spiro atoms. The van der Waals surface area contributed by atoms with Gasteiger partial charge in [0, 0.05) is 6.07 Å². The molecule has 1 unspecified atom stereocenters. The lowest BCUT2D eigenvalue weighted by atomic mass is 9.98. The zero-order valence-electron chi connectivity index (χ0n) is 11.4. The Morgan fingerprint density at radius 2 is 2.15 bits per heavy atom. The average molecular weight is 292 g/mol. The fourth-order valence-electron chi connectivity index (χ4n) is 3.27. The number of hydrogen-bond acceptors (Lipinski definition) is 3. The van der Waals surface area contributed by atoms with E-state index in [2.05, 4.69) is 0 Å². The van der Waals surface area contributed by atoms with Gasteiger partial charge >= 0.3 is 0 Å². The third-order valence-electron chi connectivity index (χ3n) is 4.35. The molecular formula is C16H18ClNO2. The maximum atomic E-state index is 8.83. The van der Waals surface area contributed by atoms with E-state index in [9.17, 15) is 0 Å². The SMILES string of the molecule is N#Cc1ccc(OCC2CCC3(CCCC3)O2)cc1Cl. The summed E-state index contributed by atoms with van der Waals surface area (Å²) in [6.07, 6.45) is 7.40. The molecule has 20 heavy (non-hydrogen) atoms. The number of nitriles is 1. The monoisotopic (exact) mass is 291 g/mol. The highest BCUT2D eigenvalue weighted by Gasteiger charge is 2.42. The van der Waals surface area contributed by atoms with Crippen molar-refractivity contribution in [3.8, 4) is 11.8 Å². The van der Waals surface area contributed by atoms with Crippen molar-refractivity contribution in [1.82, 2.24) is 0 Å². The van der Waals surface area contributed by atoms with Crippen LogP contribution in [0.4, 0.5) is 0 Å². The van der Waals surface area contributed by atoms with E-state index in [1.807, 2.05) is 6.07 Å². The predicted molar refractivity (Wildman–Crippen MR) is 77.0 cm³/mol. The van der Waals surface area contributed by atoms with Gasteiger partial charge in [-0.3, -0.25) is 0 Å². The lowest BCUT2D eigenvalue weighted by Crippen LogP contribution is -2.27. The highest BCUT2D eigenvalue weighted by atomic mass is 35.5. The first-order chi connectivity index (χ1) is 9.71. The van der Waals surface area contributed by atoms with Crippen LogP contribution >= 0.6 is 11.6 Å². The summed E-state index contributed by atoms with van der Waals surface area (Å²) in [5.74, 6) is 0.699. The maximum Gasteiger partial charge on any atom is 0.121 e. The molecule has 1 aromatic carbocycles. The van der Waals surface area contributed by atoms with Gasteiger partial charge in [0.05, 0.1) is 22.3 Å². The molecule has 0 N–H and O–H groups in total. The van der Waals surface area contributed by atoms with Gasteiger partial charge in [-0.05, 0) is 37.8 Å². The summed E-state index contributed by atoms with van der Waals surface area (Å²) in [5, 5.41) is 9.27. The molecule has 3 nitrogen and oxygen atoms in total. The number of hydrogen-bond donors (Lipinski definition) is 0. The molecule has 0 amide bonds. The summed E-state index contributed by atoms with van der Waals surface area (Å²) >= 11 is 5.99. The molecule has 3 rings (SSSR count). The van der Waals surface area contributed by atoms with Crippen molar-refractivity contribution in [1.29, 1.82) is 5.26 Å². The summed E-state index contributed by atoms with van der Waals surface area (Å²) in [5.41, 5.74) is 0.622. The minimum Gasteiger partial charge on any atom is -0.491 e. The van der Waals surface area contributed by atoms with Crippen LogP contribution in [0, 0.1) is 11.3 Å². The van der Waals surface area contributed by atoms with Gasteiger partial charge in [0.15, 0.2) is 0 Å². The van der Waals surface area contributed by atoms with Crippen LogP contribution < -0.4 is 4.74 Å². The van der Waals surface area contributed by atoms with Crippen molar-refractivity contribution in [3.05, 3.63) is 28.8 Å². The molecular weight excluding hydrogens is 274 g/mol. The second-order valence-electron chi connectivity index (χ2n) is 5.73. The summed E-state index contributed by atoms with van der Waals surface area (Å²) in [4.78, 5) is 0. The Bertz CT molecular complexity index is 532. The zero-order valence-corrected chi connectivity index (χ0v) is 12.2. The predicted octanol–water partition coefficient (Wildman–Crippen LogP) is 4.08. The van der Waals surface area contributed by atoms with Gasteiger partial charge in [0.2, 0.25) is 0 Å². The first-order valence-corrected chi connectivity index (χ1v) is 7.59. The third kappa shape index (κ3) is 2.77. The van der Waals surface area contributed by atoms with Crippen molar-refractivity contribution in [2.75, 3.05) is 6.61 Å². The molecule has 0 radical (unpaired) electrons. The second-order valence-corrected chi connectivity index (χ2v) is 6.14. The zero-order chi connectivity index (χ0) is 14.0. The largest absolute Gasteiger partial charge is 0.491 e. The van der Waals surface area contributed by atoms with Crippen molar-refractivity contribution in [2.45, 2.75) is 50.2 Å². The van der Waals surface area contributed by atoms with Gasteiger partial charge in [0.25, 0.3) is 0 Å². The number of halogens is 1. The second kappa shape index (κ2) is 5.63. The highest BCUT2D eigenvalue weighted by molar-refractivity contribution is 6.31. The third-order valence-corrected chi connectivity index (χ3v) is 4.66. The van der Waals surface area contributed by atoms with Gasteiger partial charge < -0.3 is 9.47 Å². The van der Waals surface area contributed by atoms with Crippen LogP contribution in [0.2, 0.25) is 5.02 Å². The number of nitrogens with zero attached hydrogens (tertiary/aromatic N) is 1. The van der Waals surface area contributed by atoms with E-state index in [0.717, 1.165) is 12.8 Å². The molecule has 1 saturated heterocycles. The van der Waals surface area contributed by atoms with Crippen molar-refractivity contribution in [2.24, 2.45) is 0 Å². The Morgan fingerprint density at radius 3 is 2.85 bits per heavy atom. The normalized spacial score (nSPS) is 23.9. The molecule has 106 valence electrons. The van der Waals surface area contributed by atoms with Crippen LogP contribution in [-0.2, 0) is 4.74 Å². The first kappa shape index (κ1) is 13.7. The summed E-state index contributed by atoms with van der Waals surface area (Å²) in [6.45, 7) is 0.560. The Morgan fingerprint density at radius 1 is 1.35 bits per heavy atom. The van der Waals surface area contributed by atoms with E-state index in [4.69, 9.17) is 26.3 Å². The van der Waals surface area contributed by atoms with Crippen LogP contribution in [0.15, 0.2) is 18.2 Å². The first-order valence-electron chi connectivity index (χ1n) is 7.21. The molecule has 1 aromatic rings. The molecule has 1 saturated carbocycles. The molecule has 0 aromatic heterocycles. The molecule has 0 bridgehead atoms. The molecule has 1 atom stereocenters. The molecule has 2 aliphatic rings. The van der Waals surface area contributed by atoms with Gasteiger partial charge in [-0.15, -0.1) is 0 Å². The van der Waals surface area contributed by atoms with Crippen LogP contribution in [0.1, 0.15) is 44.1 Å². The van der Waals surface area contributed by atoms with Gasteiger partial charge in [-0.1, -0.05) is 24.4 Å². The number of rotatable bonds is 3. The van der Waals surface area contributed by atoms with E-state index in [1.54, 1.807) is 18.2 Å². The number of benzene rings is 1. The minimum absolute atomic E-state index is 0.149. The van der Waals surface area contributed by atoms with E-state index in [0.29, 0.717) is 22.9 Å². The molecule has 1 aliphatic carbocycles. The van der Waals surface area contributed by atoms with E-state index < -0.39 is 0 Å². The Hall–Kier alpha value is -1.24. The highest BCUT2D eigenvalue weighted by Crippen LogP contribution is 2.43. The lowest BCUT2D eigenvalue weighted by Gasteiger charge is -2.23. The Balaban J connectivity index is 1.55. The van der Waals surface area contributed by atoms with Gasteiger partial charge in [0.1, 0.15) is 18.4 Å². The summed E-state index contributed by atoms with van der Waals surface area (Å²) < 4.78 is 12.0. The Labute approximate surface area is 124 Å². The smallest absolute Gasteiger partial charge is 0.121 e. The van der Waals surface area contributed by atoms with Crippen LogP contribution in [0.25, 0.3) is 0 Å². The molecule has 1 aliphatic heterocycles. The molecule has 2 fully saturated rings. The van der Waals surface area contributed by atoms with Crippen molar-refractivity contribution >= 4 is 11.6 Å². The minimum atomic E-state index is 0.149. The lowest BCUT2D eigenvalue weighted by molar-refractivity contribution is -0.0508. The standard InChI is InChI=1S/C16H18ClNO2/c17-15-9-13(4-3-12(15)10-18)19-11-14-5-8-16(20-14)6-1-2-7-16/h3-4,9,14H,1-2,5-8,11H2. The quantitative estimate of drug-likeness (QED) is 0.842. The van der Waals surface area contributed by atoms with E-state index in [1.165, 1.54) is 25.7 Å². The average Bonchev–Trinajstić information content (AvgIpc) is 3.07. The fraction of sp³-hybridized carbons (Fsp3) is 0.562. The topological polar surface area (TPSA) is 42.2 Å². The number of ether oxygens (including phenoxy) is 2. The van der Waals surface area contributed by atoms with E-state index >= 15 is 0 Å². The van der Waals surface area contributed by atoms with E-state index in [-0.39, 0.29) is 11.7 Å². The summed E-state index contributed by atoms with van der Waals surface area (Å²) in [6, 6.07) is 7.20. The van der Waals surface area contributed by atoms with Gasteiger partial charge in [-0.25, -0.2) is 0 Å². The van der Waals surface area contributed by atoms with Gasteiger partial charge in [-0.2, -0.15) is 5.26 Å². The summed E-state index contributed by atoms with van der Waals surface area (Å²) in [7, 11) is 0. The molecule has 1 heterocycles. The maximum absolute atomic E-state index is 8.83. The van der Waals surface area contributed by atoms with Crippen molar-refractivity contribution in [3.63, 3.8) is 0 Å². The van der Waals surface area contributed by atoms with Crippen LogP contribution in [-0.4, -0.2) is 18.3 Å².